The summed E-state index contributed by atoms with van der Waals surface area (Å²) in [5, 5.41) is 37.8. The summed E-state index contributed by atoms with van der Waals surface area (Å²) in [4.78, 5) is 1.90. The number of amidine groups is 1. The van der Waals surface area contributed by atoms with Crippen LogP contribution in [-0.4, -0.2) is 51.9 Å². The van der Waals surface area contributed by atoms with Gasteiger partial charge in [-0.15, -0.1) is 0 Å². The minimum atomic E-state index is -0.734. The van der Waals surface area contributed by atoms with E-state index in [1.165, 1.54) is 18.2 Å². The van der Waals surface area contributed by atoms with Crippen molar-refractivity contribution in [1.82, 2.24) is 10.2 Å². The third-order valence-electron chi connectivity index (χ3n) is 5.53. The van der Waals surface area contributed by atoms with E-state index in [0.717, 1.165) is 31.3 Å². The molecule has 1 aromatic rings. The fraction of sp³-hybridized carbons (Fsp3) is 0.435. The highest BCUT2D eigenvalue weighted by Gasteiger charge is 2.39. The van der Waals surface area contributed by atoms with E-state index in [-0.39, 0.29) is 51.1 Å². The zero-order chi connectivity index (χ0) is 23.6. The molecule has 1 heterocycles. The Morgan fingerprint density at radius 3 is 2.26 bits per heavy atom. The van der Waals surface area contributed by atoms with Crippen molar-refractivity contribution in [2.75, 3.05) is 7.05 Å². The highest BCUT2D eigenvalue weighted by molar-refractivity contribution is 6.13. The first-order chi connectivity index (χ1) is 14.3. The molecule has 1 aliphatic heterocycles. The smallest absolute Gasteiger partial charge is 0.134 e. The minimum absolute atomic E-state index is 0.0230. The van der Waals surface area contributed by atoms with Gasteiger partial charge in [-0.05, 0) is 58.8 Å². The summed E-state index contributed by atoms with van der Waals surface area (Å²) in [5.74, 6) is -0.882. The molecule has 1 saturated heterocycles. The van der Waals surface area contributed by atoms with Crippen LogP contribution in [0.2, 0.25) is 0 Å². The molecule has 7 N–H and O–H groups in total. The molecule has 0 amide bonds. The number of nitrogens with two attached hydrogens (primary N) is 1. The van der Waals surface area contributed by atoms with Crippen molar-refractivity contribution in [2.24, 2.45) is 5.73 Å². The van der Waals surface area contributed by atoms with Crippen molar-refractivity contribution in [2.45, 2.75) is 57.7 Å². The highest BCUT2D eigenvalue weighted by atomic mass is 19.1. The predicted octanol–water partition coefficient (Wildman–Crippen LogP) is 3.62. The second-order valence-electron chi connectivity index (χ2n) is 9.31. The summed E-state index contributed by atoms with van der Waals surface area (Å²) in [7, 11) is 1.87. The molecule has 0 bridgehead atoms. The highest BCUT2D eigenvalue weighted by Crippen LogP contribution is 2.31. The number of benzene rings is 1. The van der Waals surface area contributed by atoms with Gasteiger partial charge in [-0.3, -0.25) is 5.41 Å². The fourth-order valence-electron chi connectivity index (χ4n) is 4.32. The van der Waals surface area contributed by atoms with E-state index >= 15 is 0 Å². The van der Waals surface area contributed by atoms with E-state index in [4.69, 9.17) is 22.0 Å². The van der Waals surface area contributed by atoms with Crippen LogP contribution < -0.4 is 11.1 Å². The molecule has 0 aliphatic carbocycles. The quantitative estimate of drug-likeness (QED) is 0.305. The topological polar surface area (TPSA) is 133 Å². The summed E-state index contributed by atoms with van der Waals surface area (Å²) in [6, 6.07) is 2.34. The molecule has 0 atom stereocenters. The summed E-state index contributed by atoms with van der Waals surface area (Å²) in [6.07, 6.45) is 6.66. The van der Waals surface area contributed by atoms with Crippen LogP contribution in [0.15, 0.2) is 30.5 Å². The molecule has 2 rings (SSSR count). The molecule has 7 nitrogen and oxygen atoms in total. The molecule has 0 spiro atoms. The van der Waals surface area contributed by atoms with Gasteiger partial charge in [-0.25, -0.2) is 4.39 Å². The first kappa shape index (κ1) is 24.3. The Labute approximate surface area is 183 Å². The molecule has 0 aromatic heterocycles. The molecule has 8 heteroatoms. The third kappa shape index (κ3) is 5.79. The van der Waals surface area contributed by atoms with Crippen LogP contribution >= 0.6 is 0 Å². The van der Waals surface area contributed by atoms with Gasteiger partial charge < -0.3 is 31.9 Å². The van der Waals surface area contributed by atoms with Crippen molar-refractivity contribution >= 4 is 23.3 Å². The molecule has 1 aliphatic rings. The van der Waals surface area contributed by atoms with Crippen molar-refractivity contribution in [3.63, 3.8) is 0 Å². The van der Waals surface area contributed by atoms with Gasteiger partial charge in [0.2, 0.25) is 0 Å². The first-order valence-corrected chi connectivity index (χ1v) is 10.1. The van der Waals surface area contributed by atoms with E-state index in [1.54, 1.807) is 0 Å². The number of phenols is 1. The van der Waals surface area contributed by atoms with Crippen LogP contribution in [0.5, 0.6) is 5.75 Å². The lowest BCUT2D eigenvalue weighted by Gasteiger charge is -2.49. The minimum Gasteiger partial charge on any atom is -0.507 e. The molecule has 1 aromatic carbocycles. The first-order valence-electron chi connectivity index (χ1n) is 10.1. The van der Waals surface area contributed by atoms with Gasteiger partial charge in [0.25, 0.3) is 0 Å². The molecule has 0 radical (unpaired) electrons. The average Bonchev–Trinajstić information content (AvgIpc) is 2.65. The van der Waals surface area contributed by atoms with Crippen LogP contribution in [0, 0.1) is 22.0 Å². The van der Waals surface area contributed by atoms with Gasteiger partial charge in [0.05, 0.1) is 5.71 Å². The van der Waals surface area contributed by atoms with Crippen molar-refractivity contribution in [3.8, 4) is 5.75 Å². The number of rotatable bonds is 6. The predicted molar refractivity (Wildman–Crippen MR) is 125 cm³/mol. The van der Waals surface area contributed by atoms with E-state index in [2.05, 4.69) is 33.0 Å². The van der Waals surface area contributed by atoms with E-state index in [1.807, 2.05) is 11.9 Å². The third-order valence-corrected chi connectivity index (χ3v) is 5.53. The monoisotopic (exact) mass is 428 g/mol. The number of aromatic hydroxyl groups is 1. The number of likely N-dealkylation sites (N-methyl/N-ethyl adjacent to an activating group) is 1. The summed E-state index contributed by atoms with van der Waals surface area (Å²) >= 11 is 0. The van der Waals surface area contributed by atoms with Gasteiger partial charge >= 0.3 is 0 Å². The van der Waals surface area contributed by atoms with Crippen LogP contribution in [0.25, 0.3) is 5.57 Å². The molecular formula is C23H33FN6O. The number of hydrogen-bond donors (Lipinski definition) is 6. The maximum Gasteiger partial charge on any atom is 0.134 e. The fourth-order valence-corrected chi connectivity index (χ4v) is 4.32. The number of phenolic OH excluding ortho intramolecular Hbond substituents is 1. The normalized spacial score (nSPS) is 18.7. The lowest BCUT2D eigenvalue weighted by atomic mass is 9.79. The van der Waals surface area contributed by atoms with Gasteiger partial charge in [0.15, 0.2) is 0 Å². The van der Waals surface area contributed by atoms with E-state index in [9.17, 15) is 9.50 Å². The number of piperidine rings is 1. The average molecular weight is 429 g/mol. The Balaban J connectivity index is 2.22. The number of allylic oxidation sites excluding steroid dienone is 2. The number of nitrogens with one attached hydrogen (secondary N) is 4. The molecule has 0 unspecified atom stereocenters. The van der Waals surface area contributed by atoms with Gasteiger partial charge in [-0.2, -0.15) is 0 Å². The zero-order valence-electron chi connectivity index (χ0n) is 18.8. The molecule has 168 valence electrons. The second kappa shape index (κ2) is 9.01. The molecule has 0 saturated carbocycles. The molecule has 31 heavy (non-hydrogen) atoms. The van der Waals surface area contributed by atoms with Crippen LogP contribution in [-0.2, 0) is 0 Å². The maximum atomic E-state index is 14.2. The van der Waals surface area contributed by atoms with Crippen molar-refractivity contribution < 1.29 is 9.50 Å². The second-order valence-corrected chi connectivity index (χ2v) is 9.31. The Kier molecular flexibility index (Phi) is 7.06. The molecule has 1 fully saturated rings. The SMILES string of the molecule is CN(C(=N)/C=C\C(=N)c1cc(/C(C=N)=C/N)c(F)cc1O)C1CC(C)(C)NC(C)(C)C1. The Hall–Kier alpha value is -3.00. The zero-order valence-corrected chi connectivity index (χ0v) is 18.8. The lowest BCUT2D eigenvalue weighted by molar-refractivity contribution is 0.114. The Morgan fingerprint density at radius 1 is 1.16 bits per heavy atom. The largest absolute Gasteiger partial charge is 0.507 e. The van der Waals surface area contributed by atoms with Crippen LogP contribution in [0.4, 0.5) is 4.39 Å². The standard InChI is InChI=1S/C23H33FN6O/c1-22(2)10-15(11-23(3,4)29-22)30(5)21(28)7-6-19(27)17-8-16(14(12-25)13-26)18(24)9-20(17)31/h6-9,12-13,15,25,27-29,31H,10-11,26H2,1-5H3/b7-6-,14-13+,25-12?,27-19?,28-21?. The van der Waals surface area contributed by atoms with Crippen LogP contribution in [0.1, 0.15) is 51.7 Å². The Morgan fingerprint density at radius 2 is 1.74 bits per heavy atom. The van der Waals surface area contributed by atoms with Gasteiger partial charge in [-0.1, -0.05) is 0 Å². The summed E-state index contributed by atoms with van der Waals surface area (Å²) in [5.41, 5.74) is 5.50. The number of halogens is 1. The maximum absolute atomic E-state index is 14.2. The number of hydrogen-bond acceptors (Lipinski definition) is 6. The summed E-state index contributed by atoms with van der Waals surface area (Å²) < 4.78 is 14.2. The van der Waals surface area contributed by atoms with Crippen molar-refractivity contribution in [3.05, 3.63) is 47.4 Å². The van der Waals surface area contributed by atoms with Gasteiger partial charge in [0, 0.05) is 59.3 Å². The van der Waals surface area contributed by atoms with Crippen LogP contribution in [0.3, 0.4) is 0 Å². The Bertz CT molecular complexity index is 932. The van der Waals surface area contributed by atoms with E-state index < -0.39 is 5.82 Å². The number of nitrogens with zero attached hydrogens (tertiary/aromatic N) is 1. The van der Waals surface area contributed by atoms with Crippen molar-refractivity contribution in [1.29, 1.82) is 16.2 Å². The van der Waals surface area contributed by atoms with Gasteiger partial charge in [0.1, 0.15) is 17.4 Å². The summed E-state index contributed by atoms with van der Waals surface area (Å²) in [6.45, 7) is 8.60. The lowest BCUT2D eigenvalue weighted by Crippen LogP contribution is -2.62. The van der Waals surface area contributed by atoms with E-state index in [0.29, 0.717) is 0 Å². The molecular weight excluding hydrogens is 395 g/mol.